The van der Waals surface area contributed by atoms with Gasteiger partial charge in [-0.3, -0.25) is 10.2 Å². The number of rotatable bonds is 4. The van der Waals surface area contributed by atoms with Crippen molar-refractivity contribution in [3.05, 3.63) is 36.2 Å². The molecule has 3 heterocycles. The second-order valence-corrected chi connectivity index (χ2v) is 6.32. The Bertz CT molecular complexity index is 749. The summed E-state index contributed by atoms with van der Waals surface area (Å²) in [6.45, 7) is 2.14. The zero-order valence-electron chi connectivity index (χ0n) is 14.0. The van der Waals surface area contributed by atoms with E-state index in [1.165, 1.54) is 11.0 Å². The summed E-state index contributed by atoms with van der Waals surface area (Å²) in [6, 6.07) is 7.51. The average molecular weight is 343 g/mol. The Morgan fingerprint density at radius 2 is 2.24 bits per heavy atom. The Kier molecular flexibility index (Phi) is 4.17. The number of aromatic nitrogens is 4. The van der Waals surface area contributed by atoms with Crippen molar-refractivity contribution in [3.63, 3.8) is 0 Å². The van der Waals surface area contributed by atoms with Gasteiger partial charge < -0.3 is 5.32 Å². The molecule has 0 radical (unpaired) electrons. The van der Waals surface area contributed by atoms with Crippen molar-refractivity contribution in [2.45, 2.75) is 31.7 Å². The summed E-state index contributed by atoms with van der Waals surface area (Å²) in [5, 5.41) is 16.2. The summed E-state index contributed by atoms with van der Waals surface area (Å²) >= 11 is 0. The predicted octanol–water partition coefficient (Wildman–Crippen LogP) is -1.00. The lowest BCUT2D eigenvalue weighted by atomic mass is 9.95. The maximum absolute atomic E-state index is 12.7. The van der Waals surface area contributed by atoms with Gasteiger partial charge in [-0.1, -0.05) is 13.0 Å². The average Bonchev–Trinajstić information content (AvgIpc) is 3.35. The molecule has 2 aliphatic rings. The molecule has 2 aromatic rings. The van der Waals surface area contributed by atoms with Crippen LogP contribution in [-0.2, 0) is 0 Å². The zero-order valence-corrected chi connectivity index (χ0v) is 14.0. The van der Waals surface area contributed by atoms with E-state index in [1.807, 2.05) is 19.2 Å². The fourth-order valence-corrected chi connectivity index (χ4v) is 3.57. The molecule has 4 N–H and O–H groups in total. The molecule has 1 aromatic heterocycles. The Hall–Kier alpha value is -2.40. The minimum Gasteiger partial charge on any atom is -0.335 e. The third-order valence-corrected chi connectivity index (χ3v) is 4.84. The van der Waals surface area contributed by atoms with Crippen LogP contribution < -0.4 is 21.6 Å². The van der Waals surface area contributed by atoms with Crippen molar-refractivity contribution in [1.82, 2.24) is 46.8 Å². The van der Waals surface area contributed by atoms with Crippen LogP contribution in [0.3, 0.4) is 0 Å². The Morgan fingerprint density at radius 3 is 3.00 bits per heavy atom. The van der Waals surface area contributed by atoms with Crippen LogP contribution in [0.25, 0.3) is 5.69 Å². The van der Waals surface area contributed by atoms with Crippen LogP contribution in [0.2, 0.25) is 0 Å². The van der Waals surface area contributed by atoms with E-state index >= 15 is 0 Å². The van der Waals surface area contributed by atoms with E-state index < -0.39 is 0 Å². The molecule has 1 amide bonds. The quantitative estimate of drug-likeness (QED) is 0.559. The largest absolute Gasteiger partial charge is 0.335 e. The summed E-state index contributed by atoms with van der Waals surface area (Å²) in [5.41, 5.74) is 11.2. The summed E-state index contributed by atoms with van der Waals surface area (Å²) < 4.78 is 1.52. The van der Waals surface area contributed by atoms with E-state index in [1.54, 1.807) is 12.1 Å². The first-order valence-corrected chi connectivity index (χ1v) is 8.31. The lowest BCUT2D eigenvalue weighted by molar-refractivity contribution is 0.0918. The maximum Gasteiger partial charge on any atom is 0.252 e. The van der Waals surface area contributed by atoms with Crippen molar-refractivity contribution in [3.8, 4) is 5.69 Å². The normalized spacial score (nSPS) is 28.9. The third kappa shape index (κ3) is 2.89. The smallest absolute Gasteiger partial charge is 0.252 e. The van der Waals surface area contributed by atoms with Gasteiger partial charge in [-0.15, -0.1) is 5.10 Å². The van der Waals surface area contributed by atoms with Crippen LogP contribution in [-0.4, -0.2) is 56.5 Å². The number of hydrazine groups is 2. The topological polar surface area (TPSA) is 112 Å². The van der Waals surface area contributed by atoms with Crippen LogP contribution in [0.15, 0.2) is 30.6 Å². The Balaban J connectivity index is 1.50. The molecule has 0 saturated carbocycles. The Morgan fingerprint density at radius 1 is 1.36 bits per heavy atom. The number of nitrogens with zero attached hydrogens (tertiary/aromatic N) is 5. The van der Waals surface area contributed by atoms with Crippen LogP contribution in [0, 0.1) is 5.92 Å². The van der Waals surface area contributed by atoms with Gasteiger partial charge in [-0.2, -0.15) is 0 Å². The molecule has 10 nitrogen and oxygen atoms in total. The van der Waals surface area contributed by atoms with Gasteiger partial charge in [0.05, 0.1) is 18.0 Å². The highest BCUT2D eigenvalue weighted by atomic mass is 16.2. The van der Waals surface area contributed by atoms with E-state index in [4.69, 9.17) is 0 Å². The van der Waals surface area contributed by atoms with Gasteiger partial charge in [-0.25, -0.2) is 20.5 Å². The van der Waals surface area contributed by atoms with Crippen molar-refractivity contribution in [2.24, 2.45) is 5.92 Å². The molecule has 4 atom stereocenters. The number of carbonyl (C=O) groups excluding carboxylic acids is 1. The molecular formula is C15H21N9O. The summed E-state index contributed by atoms with van der Waals surface area (Å²) in [7, 11) is 2.00. The monoisotopic (exact) mass is 343 g/mol. The number of amides is 1. The van der Waals surface area contributed by atoms with E-state index in [0.717, 1.165) is 12.1 Å². The van der Waals surface area contributed by atoms with E-state index in [2.05, 4.69) is 49.1 Å². The number of fused-ring (bicyclic) bond motifs is 1. The van der Waals surface area contributed by atoms with E-state index in [9.17, 15) is 4.79 Å². The highest BCUT2D eigenvalue weighted by Gasteiger charge is 2.48. The fourth-order valence-electron chi connectivity index (χ4n) is 3.57. The molecule has 25 heavy (non-hydrogen) atoms. The van der Waals surface area contributed by atoms with Gasteiger partial charge >= 0.3 is 0 Å². The molecule has 1 aromatic carbocycles. The highest BCUT2D eigenvalue weighted by Crippen LogP contribution is 2.27. The minimum absolute atomic E-state index is 0.140. The molecule has 2 saturated heterocycles. The summed E-state index contributed by atoms with van der Waals surface area (Å²) in [5.74, 6) is 0.0981. The number of tetrazole rings is 1. The lowest BCUT2D eigenvalue weighted by Crippen LogP contribution is -2.51. The number of carbonyl (C=O) groups is 1. The molecule has 2 fully saturated rings. The summed E-state index contributed by atoms with van der Waals surface area (Å²) in [6.07, 6.45) is 2.46. The fraction of sp³-hybridized carbons (Fsp3) is 0.467. The van der Waals surface area contributed by atoms with Crippen molar-refractivity contribution in [2.75, 3.05) is 7.05 Å². The lowest BCUT2D eigenvalue weighted by Gasteiger charge is -2.23. The minimum atomic E-state index is -0.156. The van der Waals surface area contributed by atoms with Crippen molar-refractivity contribution in [1.29, 1.82) is 0 Å². The van der Waals surface area contributed by atoms with E-state index in [0.29, 0.717) is 11.6 Å². The first kappa shape index (κ1) is 16.1. The molecule has 0 bridgehead atoms. The van der Waals surface area contributed by atoms with Gasteiger partial charge in [-0.05, 0) is 35.0 Å². The van der Waals surface area contributed by atoms with Crippen LogP contribution >= 0.6 is 0 Å². The first-order valence-electron chi connectivity index (χ1n) is 8.31. The predicted molar refractivity (Wildman–Crippen MR) is 88.9 cm³/mol. The molecular weight excluding hydrogens is 322 g/mol. The van der Waals surface area contributed by atoms with Crippen molar-refractivity contribution < 1.29 is 4.79 Å². The molecule has 4 unspecified atom stereocenters. The van der Waals surface area contributed by atoms with Crippen LogP contribution in [0.1, 0.15) is 23.7 Å². The third-order valence-electron chi connectivity index (χ3n) is 4.84. The van der Waals surface area contributed by atoms with Crippen molar-refractivity contribution >= 4 is 5.91 Å². The SMILES string of the molecule is CCC1NN(C)C2NNC(NC(=O)c3cccc(-n4cnnn4)c3)C12. The zero-order chi connectivity index (χ0) is 17.4. The second kappa shape index (κ2) is 6.48. The Labute approximate surface area is 144 Å². The first-order chi connectivity index (χ1) is 12.2. The van der Waals surface area contributed by atoms with Gasteiger partial charge in [0.2, 0.25) is 0 Å². The highest BCUT2D eigenvalue weighted by molar-refractivity contribution is 5.94. The summed E-state index contributed by atoms with van der Waals surface area (Å²) in [4.78, 5) is 12.7. The molecule has 132 valence electrons. The van der Waals surface area contributed by atoms with E-state index in [-0.39, 0.29) is 24.2 Å². The van der Waals surface area contributed by atoms with Crippen LogP contribution in [0.4, 0.5) is 0 Å². The van der Waals surface area contributed by atoms with Crippen LogP contribution in [0.5, 0.6) is 0 Å². The number of hydrogen-bond acceptors (Lipinski definition) is 8. The van der Waals surface area contributed by atoms with Gasteiger partial charge in [0.25, 0.3) is 5.91 Å². The van der Waals surface area contributed by atoms with Gasteiger partial charge in [0, 0.05) is 24.6 Å². The second-order valence-electron chi connectivity index (χ2n) is 6.32. The molecule has 0 spiro atoms. The molecule has 0 aliphatic carbocycles. The molecule has 4 rings (SSSR count). The van der Waals surface area contributed by atoms with Gasteiger partial charge in [0.15, 0.2) is 0 Å². The number of nitrogens with one attached hydrogen (secondary N) is 4. The standard InChI is InChI=1S/C15H21N9O/c1-3-11-12-13(18-19-14(12)23(2)20-11)17-15(25)9-5-4-6-10(7-9)24-8-16-21-22-24/h4-8,11-14,18-20H,3H2,1-2H3,(H,17,25). The number of benzene rings is 1. The molecule has 2 aliphatic heterocycles. The number of hydrogen-bond donors (Lipinski definition) is 4. The molecule has 10 heteroatoms. The van der Waals surface area contributed by atoms with Gasteiger partial charge in [0.1, 0.15) is 6.33 Å². The maximum atomic E-state index is 12.7.